The number of aromatic nitrogens is 2. The van der Waals surface area contributed by atoms with Gasteiger partial charge in [-0.25, -0.2) is 9.97 Å². The highest BCUT2D eigenvalue weighted by Gasteiger charge is 2.04. The monoisotopic (exact) mass is 180 g/mol. The molecule has 1 unspecified atom stereocenters. The highest BCUT2D eigenvalue weighted by Crippen LogP contribution is 1.99. The van der Waals surface area contributed by atoms with Crippen molar-refractivity contribution in [2.45, 2.75) is 19.4 Å². The summed E-state index contributed by atoms with van der Waals surface area (Å²) in [7, 11) is 1.63. The average Bonchev–Trinajstić information content (AvgIpc) is 2.18. The van der Waals surface area contributed by atoms with Crippen LogP contribution in [0.15, 0.2) is 12.3 Å². The Morgan fingerprint density at radius 3 is 3.08 bits per heavy atom. The van der Waals surface area contributed by atoms with Crippen LogP contribution in [0, 0.1) is 0 Å². The molecule has 1 heterocycles. The topological polar surface area (TPSA) is 52.1 Å². The van der Waals surface area contributed by atoms with E-state index in [1.807, 2.05) is 6.92 Å². The van der Waals surface area contributed by atoms with E-state index < -0.39 is 0 Å². The Balaban J connectivity index is 2.71. The third-order valence-electron chi connectivity index (χ3n) is 1.72. The minimum atomic E-state index is 0.0712. The standard InChI is InChI=1S/C9H12N2O2/c1-7(13-2)5-9-10-4-3-8(6-12)11-9/h3-4,6-7H,5H2,1-2H3. The van der Waals surface area contributed by atoms with Crippen LogP contribution in [-0.2, 0) is 11.2 Å². The van der Waals surface area contributed by atoms with Gasteiger partial charge in [-0.3, -0.25) is 4.79 Å². The van der Waals surface area contributed by atoms with Gasteiger partial charge in [0.25, 0.3) is 0 Å². The van der Waals surface area contributed by atoms with E-state index in [0.29, 0.717) is 24.2 Å². The van der Waals surface area contributed by atoms with Crippen molar-refractivity contribution in [3.05, 3.63) is 23.8 Å². The summed E-state index contributed by atoms with van der Waals surface area (Å²) in [6.45, 7) is 1.93. The third kappa shape index (κ3) is 2.91. The summed E-state index contributed by atoms with van der Waals surface area (Å²) >= 11 is 0. The number of ether oxygens (including phenoxy) is 1. The van der Waals surface area contributed by atoms with Crippen LogP contribution in [0.5, 0.6) is 0 Å². The van der Waals surface area contributed by atoms with Crippen molar-refractivity contribution in [2.75, 3.05) is 7.11 Å². The number of carbonyl (C=O) groups excluding carboxylic acids is 1. The molecule has 0 saturated heterocycles. The van der Waals surface area contributed by atoms with Crippen LogP contribution < -0.4 is 0 Å². The summed E-state index contributed by atoms with van der Waals surface area (Å²) < 4.78 is 5.06. The summed E-state index contributed by atoms with van der Waals surface area (Å²) in [4.78, 5) is 18.4. The van der Waals surface area contributed by atoms with Crippen LogP contribution in [0.3, 0.4) is 0 Å². The number of hydrogen-bond acceptors (Lipinski definition) is 4. The zero-order valence-corrected chi connectivity index (χ0v) is 7.73. The van der Waals surface area contributed by atoms with Crippen LogP contribution in [0.1, 0.15) is 23.2 Å². The first-order valence-electron chi connectivity index (χ1n) is 4.06. The minimum absolute atomic E-state index is 0.0712. The second-order valence-electron chi connectivity index (χ2n) is 2.77. The van der Waals surface area contributed by atoms with E-state index in [1.165, 1.54) is 0 Å². The van der Waals surface area contributed by atoms with E-state index >= 15 is 0 Å². The summed E-state index contributed by atoms with van der Waals surface area (Å²) in [5.41, 5.74) is 0.410. The molecule has 4 heteroatoms. The lowest BCUT2D eigenvalue weighted by Gasteiger charge is -2.07. The number of hydrogen-bond donors (Lipinski definition) is 0. The zero-order chi connectivity index (χ0) is 9.68. The van der Waals surface area contributed by atoms with E-state index in [4.69, 9.17) is 4.74 Å². The van der Waals surface area contributed by atoms with Crippen molar-refractivity contribution in [1.82, 2.24) is 9.97 Å². The van der Waals surface area contributed by atoms with Crippen molar-refractivity contribution in [2.24, 2.45) is 0 Å². The molecule has 0 bridgehead atoms. The Morgan fingerprint density at radius 2 is 2.46 bits per heavy atom. The van der Waals surface area contributed by atoms with Crippen molar-refractivity contribution in [3.8, 4) is 0 Å². The lowest BCUT2D eigenvalue weighted by atomic mass is 10.2. The van der Waals surface area contributed by atoms with Gasteiger partial charge in [0, 0.05) is 19.7 Å². The maximum atomic E-state index is 10.4. The molecule has 1 aromatic rings. The van der Waals surface area contributed by atoms with Gasteiger partial charge in [-0.05, 0) is 13.0 Å². The Bertz CT molecular complexity index is 289. The largest absolute Gasteiger partial charge is 0.381 e. The molecule has 1 aromatic heterocycles. The summed E-state index contributed by atoms with van der Waals surface area (Å²) in [5, 5.41) is 0. The van der Waals surface area contributed by atoms with Gasteiger partial charge < -0.3 is 4.74 Å². The highest BCUT2D eigenvalue weighted by atomic mass is 16.5. The smallest absolute Gasteiger partial charge is 0.168 e. The van der Waals surface area contributed by atoms with Gasteiger partial charge in [0.15, 0.2) is 6.29 Å². The Kier molecular flexibility index (Phi) is 3.52. The number of nitrogens with zero attached hydrogens (tertiary/aromatic N) is 2. The molecule has 1 atom stereocenters. The van der Waals surface area contributed by atoms with Crippen LogP contribution in [0.4, 0.5) is 0 Å². The van der Waals surface area contributed by atoms with Crippen LogP contribution in [0.2, 0.25) is 0 Å². The van der Waals surface area contributed by atoms with Gasteiger partial charge in [-0.15, -0.1) is 0 Å². The Morgan fingerprint density at radius 1 is 1.69 bits per heavy atom. The lowest BCUT2D eigenvalue weighted by molar-refractivity contribution is 0.111. The molecule has 0 saturated carbocycles. The predicted molar refractivity (Wildman–Crippen MR) is 47.6 cm³/mol. The molecule has 0 aromatic carbocycles. The van der Waals surface area contributed by atoms with Crippen LogP contribution >= 0.6 is 0 Å². The summed E-state index contributed by atoms with van der Waals surface area (Å²) in [5.74, 6) is 0.638. The van der Waals surface area contributed by atoms with Gasteiger partial charge in [-0.2, -0.15) is 0 Å². The van der Waals surface area contributed by atoms with Crippen molar-refractivity contribution in [1.29, 1.82) is 0 Å². The van der Waals surface area contributed by atoms with Crippen LogP contribution in [0.25, 0.3) is 0 Å². The average molecular weight is 180 g/mol. The first-order chi connectivity index (χ1) is 6.26. The Hall–Kier alpha value is -1.29. The van der Waals surface area contributed by atoms with Crippen LogP contribution in [-0.4, -0.2) is 29.5 Å². The lowest BCUT2D eigenvalue weighted by Crippen LogP contribution is -2.11. The van der Waals surface area contributed by atoms with E-state index in [-0.39, 0.29) is 6.10 Å². The maximum Gasteiger partial charge on any atom is 0.168 e. The molecule has 13 heavy (non-hydrogen) atoms. The molecule has 1 rings (SSSR count). The molecule has 0 aliphatic carbocycles. The normalized spacial score (nSPS) is 12.5. The Labute approximate surface area is 77.0 Å². The minimum Gasteiger partial charge on any atom is -0.381 e. The molecule has 0 radical (unpaired) electrons. The van der Waals surface area contributed by atoms with Gasteiger partial charge in [0.2, 0.25) is 0 Å². The number of aldehydes is 1. The summed E-state index contributed by atoms with van der Waals surface area (Å²) in [6.07, 6.45) is 2.98. The third-order valence-corrected chi connectivity index (χ3v) is 1.72. The van der Waals surface area contributed by atoms with E-state index in [2.05, 4.69) is 9.97 Å². The molecule has 0 N–H and O–H groups in total. The first kappa shape index (κ1) is 9.80. The second-order valence-corrected chi connectivity index (χ2v) is 2.77. The number of carbonyl (C=O) groups is 1. The van der Waals surface area contributed by atoms with Crippen molar-refractivity contribution in [3.63, 3.8) is 0 Å². The maximum absolute atomic E-state index is 10.4. The second kappa shape index (κ2) is 4.67. The number of rotatable bonds is 4. The van der Waals surface area contributed by atoms with E-state index in [1.54, 1.807) is 19.4 Å². The van der Waals surface area contributed by atoms with Gasteiger partial charge >= 0.3 is 0 Å². The highest BCUT2D eigenvalue weighted by molar-refractivity contribution is 5.71. The molecule has 0 amide bonds. The molecular weight excluding hydrogens is 168 g/mol. The van der Waals surface area contributed by atoms with Gasteiger partial charge in [-0.1, -0.05) is 0 Å². The fourth-order valence-corrected chi connectivity index (χ4v) is 0.919. The summed E-state index contributed by atoms with van der Waals surface area (Å²) in [6, 6.07) is 1.58. The van der Waals surface area contributed by atoms with Crippen molar-refractivity contribution >= 4 is 6.29 Å². The SMILES string of the molecule is COC(C)Cc1nccc(C=O)n1. The molecule has 0 aliphatic heterocycles. The molecular formula is C9H12N2O2. The molecule has 0 fully saturated rings. The van der Waals surface area contributed by atoms with E-state index in [0.717, 1.165) is 0 Å². The molecule has 4 nitrogen and oxygen atoms in total. The number of methoxy groups -OCH3 is 1. The molecule has 0 aliphatic rings. The van der Waals surface area contributed by atoms with E-state index in [9.17, 15) is 4.79 Å². The molecule has 70 valence electrons. The first-order valence-corrected chi connectivity index (χ1v) is 4.06. The zero-order valence-electron chi connectivity index (χ0n) is 7.73. The fourth-order valence-electron chi connectivity index (χ4n) is 0.919. The van der Waals surface area contributed by atoms with Gasteiger partial charge in [0.1, 0.15) is 11.5 Å². The van der Waals surface area contributed by atoms with Crippen molar-refractivity contribution < 1.29 is 9.53 Å². The molecule has 0 spiro atoms. The fraction of sp³-hybridized carbons (Fsp3) is 0.444. The van der Waals surface area contributed by atoms with Gasteiger partial charge in [0.05, 0.1) is 6.10 Å². The quantitative estimate of drug-likeness (QED) is 0.645. The predicted octanol–water partition coefficient (Wildman–Crippen LogP) is 0.867.